The van der Waals surface area contributed by atoms with Crippen molar-refractivity contribution in [1.82, 2.24) is 5.32 Å². The lowest BCUT2D eigenvalue weighted by Gasteiger charge is -2.38. The van der Waals surface area contributed by atoms with E-state index in [9.17, 15) is 4.79 Å². The molecule has 0 aromatic heterocycles. The van der Waals surface area contributed by atoms with E-state index in [0.29, 0.717) is 33.0 Å². The first-order valence-electron chi connectivity index (χ1n) is 6.26. The van der Waals surface area contributed by atoms with Gasteiger partial charge < -0.3 is 19.5 Å². The van der Waals surface area contributed by atoms with Gasteiger partial charge in [-0.3, -0.25) is 4.79 Å². The van der Waals surface area contributed by atoms with Crippen LogP contribution in [0.1, 0.15) is 13.8 Å². The van der Waals surface area contributed by atoms with Gasteiger partial charge in [0, 0.05) is 12.5 Å². The summed E-state index contributed by atoms with van der Waals surface area (Å²) in [6.45, 7) is 10.4. The molecule has 0 saturated carbocycles. The van der Waals surface area contributed by atoms with Crippen LogP contribution >= 0.6 is 0 Å². The van der Waals surface area contributed by atoms with Gasteiger partial charge in [0.1, 0.15) is 6.61 Å². The van der Waals surface area contributed by atoms with E-state index in [1.54, 1.807) is 0 Å². The highest BCUT2D eigenvalue weighted by atomic mass is 16.8. The minimum Gasteiger partial charge on any atom is -0.375 e. The Morgan fingerprint density at radius 1 is 1.50 bits per heavy atom. The summed E-state index contributed by atoms with van der Waals surface area (Å²) in [6, 6.07) is 0. The van der Waals surface area contributed by atoms with Crippen LogP contribution in [0.5, 0.6) is 0 Å². The molecule has 102 valence electrons. The molecular weight excluding hydrogens is 234 g/mol. The van der Waals surface area contributed by atoms with Crippen molar-refractivity contribution < 1.29 is 19.0 Å². The normalized spacial score (nSPS) is 26.4. The zero-order chi connectivity index (χ0) is 13.2. The summed E-state index contributed by atoms with van der Waals surface area (Å²) in [7, 11) is 0. The molecule has 18 heavy (non-hydrogen) atoms. The van der Waals surface area contributed by atoms with Crippen LogP contribution in [0, 0.1) is 11.3 Å². The quantitative estimate of drug-likeness (QED) is 0.751. The number of nitrogens with one attached hydrogen (secondary N) is 1. The van der Waals surface area contributed by atoms with E-state index in [2.05, 4.69) is 25.7 Å². The number of carbonyl (C=O) groups excluding carboxylic acids is 1. The maximum absolute atomic E-state index is 11.3. The van der Waals surface area contributed by atoms with Crippen LogP contribution in [0.25, 0.3) is 0 Å². The van der Waals surface area contributed by atoms with Gasteiger partial charge in [0.15, 0.2) is 5.79 Å². The van der Waals surface area contributed by atoms with Crippen LogP contribution in [0.15, 0.2) is 12.7 Å². The molecule has 1 spiro atoms. The minimum absolute atomic E-state index is 0.109. The molecule has 2 rings (SSSR count). The molecule has 1 N–H and O–H groups in total. The van der Waals surface area contributed by atoms with Gasteiger partial charge in [-0.25, -0.2) is 0 Å². The topological polar surface area (TPSA) is 56.8 Å². The van der Waals surface area contributed by atoms with Crippen molar-refractivity contribution in [3.63, 3.8) is 0 Å². The first kappa shape index (κ1) is 13.5. The number of rotatable bonds is 4. The second-order valence-electron chi connectivity index (χ2n) is 5.49. The summed E-state index contributed by atoms with van der Waals surface area (Å²) in [5, 5.41) is 2.83. The van der Waals surface area contributed by atoms with Gasteiger partial charge in [0.25, 0.3) is 0 Å². The third-order valence-corrected chi connectivity index (χ3v) is 3.74. The molecule has 1 atom stereocenters. The molecule has 0 aromatic carbocycles. The highest BCUT2D eigenvalue weighted by Crippen LogP contribution is 2.44. The number of amides is 1. The Kier molecular flexibility index (Phi) is 3.75. The zero-order valence-corrected chi connectivity index (χ0v) is 11.0. The molecule has 0 radical (unpaired) electrons. The van der Waals surface area contributed by atoms with Crippen molar-refractivity contribution in [3.8, 4) is 0 Å². The zero-order valence-electron chi connectivity index (χ0n) is 11.0. The molecule has 0 aliphatic carbocycles. The highest BCUT2D eigenvalue weighted by molar-refractivity contribution is 5.86. The van der Waals surface area contributed by atoms with Gasteiger partial charge >= 0.3 is 0 Å². The molecule has 2 aliphatic heterocycles. The Morgan fingerprint density at radius 2 is 2.17 bits per heavy atom. The molecule has 1 unspecified atom stereocenters. The monoisotopic (exact) mass is 255 g/mol. The van der Waals surface area contributed by atoms with E-state index in [4.69, 9.17) is 14.2 Å². The van der Waals surface area contributed by atoms with E-state index >= 15 is 0 Å². The molecule has 2 fully saturated rings. The standard InChI is InChI=1S/C13H21NO4/c1-4-11(15)14-8-12(2,3)10-7-16-9-13(10)17-5-6-18-13/h4,10H,1,5-9H2,2-3H3,(H,14,15). The van der Waals surface area contributed by atoms with E-state index in [0.717, 1.165) is 0 Å². The summed E-state index contributed by atoms with van der Waals surface area (Å²) in [5.74, 6) is -0.676. The van der Waals surface area contributed by atoms with Crippen LogP contribution in [0.2, 0.25) is 0 Å². The molecule has 5 heteroatoms. The summed E-state index contributed by atoms with van der Waals surface area (Å²) in [6.07, 6.45) is 1.28. The second kappa shape index (κ2) is 4.99. The predicted octanol–water partition coefficient (Wildman–Crippen LogP) is 0.704. The van der Waals surface area contributed by atoms with E-state index in [-0.39, 0.29) is 17.2 Å². The SMILES string of the molecule is C=CC(=O)NCC(C)(C)C1COCC12OCCO2. The van der Waals surface area contributed by atoms with Crippen molar-refractivity contribution in [3.05, 3.63) is 12.7 Å². The first-order valence-corrected chi connectivity index (χ1v) is 6.26. The minimum atomic E-state index is -0.623. The van der Waals surface area contributed by atoms with E-state index < -0.39 is 5.79 Å². The maximum Gasteiger partial charge on any atom is 0.243 e. The lowest BCUT2D eigenvalue weighted by molar-refractivity contribution is -0.197. The first-order chi connectivity index (χ1) is 8.50. The fourth-order valence-electron chi connectivity index (χ4n) is 2.63. The van der Waals surface area contributed by atoms with Crippen molar-refractivity contribution in [2.45, 2.75) is 19.6 Å². The Labute approximate surface area is 107 Å². The van der Waals surface area contributed by atoms with E-state index in [1.165, 1.54) is 6.08 Å². The lowest BCUT2D eigenvalue weighted by atomic mass is 9.75. The third kappa shape index (κ3) is 2.43. The van der Waals surface area contributed by atoms with Gasteiger partial charge in [0.05, 0.1) is 19.8 Å². The Balaban J connectivity index is 2.03. The Bertz CT molecular complexity index is 328. The predicted molar refractivity (Wildman–Crippen MR) is 65.9 cm³/mol. The number of hydrogen-bond acceptors (Lipinski definition) is 4. The highest BCUT2D eigenvalue weighted by Gasteiger charge is 2.55. The molecule has 5 nitrogen and oxygen atoms in total. The Morgan fingerprint density at radius 3 is 2.78 bits per heavy atom. The van der Waals surface area contributed by atoms with Crippen molar-refractivity contribution >= 4 is 5.91 Å². The number of ether oxygens (including phenoxy) is 3. The van der Waals surface area contributed by atoms with Gasteiger partial charge in [-0.05, 0) is 11.5 Å². The van der Waals surface area contributed by atoms with Gasteiger partial charge in [-0.15, -0.1) is 0 Å². The lowest BCUT2D eigenvalue weighted by Crippen LogP contribution is -2.49. The molecule has 2 saturated heterocycles. The van der Waals surface area contributed by atoms with Gasteiger partial charge in [0.2, 0.25) is 5.91 Å². The van der Waals surface area contributed by atoms with Gasteiger partial charge in [-0.1, -0.05) is 20.4 Å². The van der Waals surface area contributed by atoms with Crippen LogP contribution in [0.3, 0.4) is 0 Å². The summed E-state index contributed by atoms with van der Waals surface area (Å²) in [5.41, 5.74) is -0.167. The maximum atomic E-state index is 11.3. The average molecular weight is 255 g/mol. The molecule has 2 aliphatic rings. The smallest absolute Gasteiger partial charge is 0.243 e. The summed E-state index contributed by atoms with van der Waals surface area (Å²) in [4.78, 5) is 11.3. The fourth-order valence-corrected chi connectivity index (χ4v) is 2.63. The van der Waals surface area contributed by atoms with Crippen LogP contribution in [0.4, 0.5) is 0 Å². The summed E-state index contributed by atoms with van der Waals surface area (Å²) < 4.78 is 17.0. The van der Waals surface area contributed by atoms with Gasteiger partial charge in [-0.2, -0.15) is 0 Å². The van der Waals surface area contributed by atoms with E-state index in [1.807, 2.05) is 0 Å². The molecule has 2 heterocycles. The van der Waals surface area contributed by atoms with Crippen molar-refractivity contribution in [2.24, 2.45) is 11.3 Å². The second-order valence-corrected chi connectivity index (χ2v) is 5.49. The summed E-state index contributed by atoms with van der Waals surface area (Å²) >= 11 is 0. The van der Waals surface area contributed by atoms with Crippen molar-refractivity contribution in [1.29, 1.82) is 0 Å². The van der Waals surface area contributed by atoms with Crippen LogP contribution in [-0.2, 0) is 19.0 Å². The van der Waals surface area contributed by atoms with Crippen LogP contribution < -0.4 is 5.32 Å². The third-order valence-electron chi connectivity index (χ3n) is 3.74. The molecular formula is C13H21NO4. The largest absolute Gasteiger partial charge is 0.375 e. The number of carbonyl (C=O) groups is 1. The van der Waals surface area contributed by atoms with Crippen LogP contribution in [-0.4, -0.2) is 44.7 Å². The average Bonchev–Trinajstić information content (AvgIpc) is 2.97. The molecule has 0 bridgehead atoms. The molecule has 0 aromatic rings. The van der Waals surface area contributed by atoms with Crippen molar-refractivity contribution in [2.75, 3.05) is 33.0 Å². The molecule has 1 amide bonds. The fraction of sp³-hybridized carbons (Fsp3) is 0.769. The Hall–Kier alpha value is -0.910. The number of hydrogen-bond donors (Lipinski definition) is 1.